The lowest BCUT2D eigenvalue weighted by Gasteiger charge is -2.17. The van der Waals surface area contributed by atoms with Gasteiger partial charge in [-0.3, -0.25) is 19.7 Å². The third kappa shape index (κ3) is 4.48. The van der Waals surface area contributed by atoms with Gasteiger partial charge in [0.05, 0.1) is 22.6 Å². The molecule has 0 radical (unpaired) electrons. The normalized spacial score (nSPS) is 11.5. The Kier molecular flexibility index (Phi) is 6.13. The molecule has 0 spiro atoms. The van der Waals surface area contributed by atoms with Gasteiger partial charge < -0.3 is 15.8 Å². The van der Waals surface area contributed by atoms with Gasteiger partial charge in [0, 0.05) is 24.1 Å². The number of halogens is 1. The van der Waals surface area contributed by atoms with Gasteiger partial charge in [0.15, 0.2) is 0 Å². The number of rotatable bonds is 7. The Bertz CT molecular complexity index is 856. The molecule has 0 aliphatic heterocycles. The van der Waals surface area contributed by atoms with E-state index in [0.717, 1.165) is 0 Å². The molecule has 2 amide bonds. The van der Waals surface area contributed by atoms with Crippen molar-refractivity contribution in [3.05, 3.63) is 68.7 Å². The summed E-state index contributed by atoms with van der Waals surface area (Å²) >= 11 is 5.97. The second kappa shape index (κ2) is 8.30. The van der Waals surface area contributed by atoms with Crippen molar-refractivity contribution in [3.63, 3.8) is 0 Å². The number of carbonyl (C=O) groups excluding carboxylic acids is 2. The molecule has 2 aromatic rings. The van der Waals surface area contributed by atoms with Gasteiger partial charge in [-0.2, -0.15) is 0 Å². The summed E-state index contributed by atoms with van der Waals surface area (Å²) in [4.78, 5) is 34.5. The molecule has 1 atom stereocenters. The first-order chi connectivity index (χ1) is 12.3. The van der Waals surface area contributed by atoms with E-state index in [1.807, 2.05) is 0 Å². The molecule has 136 valence electrons. The zero-order valence-electron chi connectivity index (χ0n) is 13.8. The van der Waals surface area contributed by atoms with E-state index in [-0.39, 0.29) is 22.7 Å². The highest BCUT2D eigenvalue weighted by molar-refractivity contribution is 6.33. The van der Waals surface area contributed by atoms with Gasteiger partial charge in [0.2, 0.25) is 5.91 Å². The third-order valence-electron chi connectivity index (χ3n) is 3.67. The molecular formula is C17H16ClN3O5. The third-order valence-corrected chi connectivity index (χ3v) is 4.00. The zero-order chi connectivity index (χ0) is 19.3. The first-order valence-corrected chi connectivity index (χ1v) is 7.87. The van der Waals surface area contributed by atoms with E-state index in [9.17, 15) is 19.7 Å². The molecule has 2 rings (SSSR count). The fraction of sp³-hybridized carbons (Fsp3) is 0.176. The standard InChI is InChI=1S/C17H16ClN3O5/c1-26-15-7-6-11(21(24)25)8-10(15)9-14(16(19)22)20-17(23)12-4-2-3-5-13(12)18/h2-8,14H,9H2,1H3,(H2,19,22)(H,20,23)/t14-/m1/s1. The first-order valence-electron chi connectivity index (χ1n) is 7.49. The van der Waals surface area contributed by atoms with Crippen LogP contribution in [-0.2, 0) is 11.2 Å². The summed E-state index contributed by atoms with van der Waals surface area (Å²) in [5.74, 6) is -1.03. The molecular weight excluding hydrogens is 362 g/mol. The molecule has 0 aliphatic carbocycles. The maximum atomic E-state index is 12.4. The molecule has 0 saturated heterocycles. The minimum Gasteiger partial charge on any atom is -0.496 e. The van der Waals surface area contributed by atoms with Crippen LogP contribution in [0.15, 0.2) is 42.5 Å². The van der Waals surface area contributed by atoms with Crippen molar-refractivity contribution in [2.45, 2.75) is 12.5 Å². The van der Waals surface area contributed by atoms with Crippen LogP contribution in [0.25, 0.3) is 0 Å². The summed E-state index contributed by atoms with van der Waals surface area (Å²) in [6.07, 6.45) is -0.0730. The summed E-state index contributed by atoms with van der Waals surface area (Å²) in [7, 11) is 1.40. The number of methoxy groups -OCH3 is 1. The summed E-state index contributed by atoms with van der Waals surface area (Å²) in [6, 6.07) is 9.21. The molecule has 2 aromatic carbocycles. The zero-order valence-corrected chi connectivity index (χ0v) is 14.5. The number of nitrogens with zero attached hydrogens (tertiary/aromatic N) is 1. The molecule has 0 unspecified atom stereocenters. The Hall–Kier alpha value is -3.13. The fourth-order valence-corrected chi connectivity index (χ4v) is 2.58. The maximum Gasteiger partial charge on any atom is 0.269 e. The van der Waals surface area contributed by atoms with E-state index in [1.165, 1.54) is 31.4 Å². The molecule has 0 aliphatic rings. The number of ether oxygens (including phenoxy) is 1. The number of primary amides is 1. The van der Waals surface area contributed by atoms with Gasteiger partial charge in [0.1, 0.15) is 11.8 Å². The monoisotopic (exact) mass is 377 g/mol. The lowest BCUT2D eigenvalue weighted by Crippen LogP contribution is -2.46. The number of non-ortho nitro benzene ring substituents is 1. The van der Waals surface area contributed by atoms with Crippen molar-refractivity contribution in [2.24, 2.45) is 5.73 Å². The Morgan fingerprint density at radius 1 is 1.31 bits per heavy atom. The molecule has 26 heavy (non-hydrogen) atoms. The summed E-state index contributed by atoms with van der Waals surface area (Å²) in [5.41, 5.74) is 5.76. The summed E-state index contributed by atoms with van der Waals surface area (Å²) in [5, 5.41) is 13.7. The smallest absolute Gasteiger partial charge is 0.269 e. The van der Waals surface area contributed by atoms with E-state index in [0.29, 0.717) is 11.3 Å². The van der Waals surface area contributed by atoms with Gasteiger partial charge in [0.25, 0.3) is 11.6 Å². The Morgan fingerprint density at radius 3 is 2.58 bits per heavy atom. The van der Waals surface area contributed by atoms with Crippen LogP contribution < -0.4 is 15.8 Å². The number of nitro groups is 1. The van der Waals surface area contributed by atoms with Crippen LogP contribution in [0, 0.1) is 10.1 Å². The topological polar surface area (TPSA) is 125 Å². The average molecular weight is 378 g/mol. The highest BCUT2D eigenvalue weighted by Crippen LogP contribution is 2.25. The number of hydrogen-bond acceptors (Lipinski definition) is 5. The number of nitrogens with two attached hydrogens (primary N) is 1. The largest absolute Gasteiger partial charge is 0.496 e. The number of carbonyl (C=O) groups is 2. The maximum absolute atomic E-state index is 12.4. The molecule has 0 heterocycles. The van der Waals surface area contributed by atoms with Crippen LogP contribution in [0.5, 0.6) is 5.75 Å². The summed E-state index contributed by atoms with van der Waals surface area (Å²) in [6.45, 7) is 0. The minimum absolute atomic E-state index is 0.0730. The van der Waals surface area contributed by atoms with Crippen molar-refractivity contribution in [1.29, 1.82) is 0 Å². The van der Waals surface area contributed by atoms with Crippen LogP contribution in [0.4, 0.5) is 5.69 Å². The second-order valence-electron chi connectivity index (χ2n) is 5.37. The van der Waals surface area contributed by atoms with Crippen molar-refractivity contribution < 1.29 is 19.2 Å². The Morgan fingerprint density at radius 2 is 2.00 bits per heavy atom. The minimum atomic E-state index is -1.10. The molecule has 0 bridgehead atoms. The van der Waals surface area contributed by atoms with Gasteiger partial charge >= 0.3 is 0 Å². The molecule has 8 nitrogen and oxygen atoms in total. The van der Waals surface area contributed by atoms with E-state index < -0.39 is 22.8 Å². The van der Waals surface area contributed by atoms with Crippen molar-refractivity contribution in [1.82, 2.24) is 5.32 Å². The SMILES string of the molecule is COc1ccc([N+](=O)[O-])cc1C[C@@H](NC(=O)c1ccccc1Cl)C(N)=O. The molecule has 9 heteroatoms. The van der Waals surface area contributed by atoms with Crippen LogP contribution in [0.2, 0.25) is 5.02 Å². The highest BCUT2D eigenvalue weighted by atomic mass is 35.5. The van der Waals surface area contributed by atoms with Crippen molar-refractivity contribution in [3.8, 4) is 5.75 Å². The molecule has 0 aromatic heterocycles. The average Bonchev–Trinajstić information content (AvgIpc) is 2.61. The predicted molar refractivity (Wildman–Crippen MR) is 95.3 cm³/mol. The summed E-state index contributed by atoms with van der Waals surface area (Å²) < 4.78 is 5.16. The first kappa shape index (κ1) is 19.2. The number of amides is 2. The Balaban J connectivity index is 2.27. The van der Waals surface area contributed by atoms with E-state index in [4.69, 9.17) is 22.1 Å². The quantitative estimate of drug-likeness (QED) is 0.564. The highest BCUT2D eigenvalue weighted by Gasteiger charge is 2.23. The van der Waals surface area contributed by atoms with Crippen LogP contribution in [0.1, 0.15) is 15.9 Å². The van der Waals surface area contributed by atoms with Crippen LogP contribution >= 0.6 is 11.6 Å². The number of nitro benzene ring substituents is 1. The van der Waals surface area contributed by atoms with Crippen LogP contribution in [-0.4, -0.2) is 29.9 Å². The predicted octanol–water partition coefficient (Wildman–Crippen LogP) is 2.08. The van der Waals surface area contributed by atoms with E-state index >= 15 is 0 Å². The van der Waals surface area contributed by atoms with Crippen molar-refractivity contribution in [2.75, 3.05) is 7.11 Å². The van der Waals surface area contributed by atoms with Crippen LogP contribution in [0.3, 0.4) is 0 Å². The lowest BCUT2D eigenvalue weighted by atomic mass is 10.0. The van der Waals surface area contributed by atoms with E-state index in [2.05, 4.69) is 5.32 Å². The number of benzene rings is 2. The number of nitrogens with one attached hydrogen (secondary N) is 1. The second-order valence-corrected chi connectivity index (χ2v) is 5.77. The van der Waals surface area contributed by atoms with Gasteiger partial charge in [-0.15, -0.1) is 0 Å². The van der Waals surface area contributed by atoms with Crippen molar-refractivity contribution >= 4 is 29.1 Å². The molecule has 3 N–H and O–H groups in total. The lowest BCUT2D eigenvalue weighted by molar-refractivity contribution is -0.384. The van der Waals surface area contributed by atoms with Gasteiger partial charge in [-0.05, 0) is 18.2 Å². The number of hydrogen-bond donors (Lipinski definition) is 2. The fourth-order valence-electron chi connectivity index (χ4n) is 2.36. The van der Waals surface area contributed by atoms with E-state index in [1.54, 1.807) is 18.2 Å². The molecule has 0 saturated carbocycles. The molecule has 0 fully saturated rings. The van der Waals surface area contributed by atoms with Gasteiger partial charge in [-0.25, -0.2) is 0 Å². The van der Waals surface area contributed by atoms with Gasteiger partial charge in [-0.1, -0.05) is 23.7 Å². The Labute approximate surface area is 154 Å².